The van der Waals surface area contributed by atoms with Crippen molar-refractivity contribution in [3.63, 3.8) is 0 Å². The lowest BCUT2D eigenvalue weighted by atomic mass is 10.2. The fourth-order valence-corrected chi connectivity index (χ4v) is 1.76. The van der Waals surface area contributed by atoms with E-state index in [0.717, 1.165) is 30.7 Å². The standard InChI is InChI=1S/C9H16N4OS/c1-10-9(14)13-15-5-3-2-4-8-6-11-7-12-8/h6-7H,2-5H2,1H3,(H,11,12)(H2,10,13,14). The maximum atomic E-state index is 10.8. The van der Waals surface area contributed by atoms with Crippen molar-refractivity contribution in [2.45, 2.75) is 19.3 Å². The highest BCUT2D eigenvalue weighted by Crippen LogP contribution is 2.04. The van der Waals surface area contributed by atoms with Crippen LogP contribution >= 0.6 is 11.9 Å². The highest BCUT2D eigenvalue weighted by Gasteiger charge is 1.97. The van der Waals surface area contributed by atoms with E-state index in [0.29, 0.717) is 0 Å². The SMILES string of the molecule is CNC(=O)NSCCCCc1c[nH]cn1. The van der Waals surface area contributed by atoms with Gasteiger partial charge in [0.05, 0.1) is 12.0 Å². The van der Waals surface area contributed by atoms with Gasteiger partial charge in [0.1, 0.15) is 0 Å². The van der Waals surface area contributed by atoms with Gasteiger partial charge in [-0.1, -0.05) is 0 Å². The summed E-state index contributed by atoms with van der Waals surface area (Å²) in [7, 11) is 1.60. The van der Waals surface area contributed by atoms with E-state index in [9.17, 15) is 4.79 Å². The predicted octanol–water partition coefficient (Wildman–Crippen LogP) is 1.31. The fraction of sp³-hybridized carbons (Fsp3) is 0.556. The summed E-state index contributed by atoms with van der Waals surface area (Å²) in [6.45, 7) is 0. The fourth-order valence-electron chi connectivity index (χ4n) is 1.08. The van der Waals surface area contributed by atoms with Gasteiger partial charge < -0.3 is 10.3 Å². The molecule has 0 aliphatic carbocycles. The molecular formula is C9H16N4OS. The molecule has 0 atom stereocenters. The molecule has 0 unspecified atom stereocenters. The van der Waals surface area contributed by atoms with Crippen molar-refractivity contribution < 1.29 is 4.79 Å². The molecule has 0 bridgehead atoms. The van der Waals surface area contributed by atoms with E-state index < -0.39 is 0 Å². The van der Waals surface area contributed by atoms with Gasteiger partial charge >= 0.3 is 6.03 Å². The molecule has 1 aromatic rings. The van der Waals surface area contributed by atoms with E-state index in [4.69, 9.17) is 0 Å². The summed E-state index contributed by atoms with van der Waals surface area (Å²) in [6, 6.07) is -0.146. The number of unbranched alkanes of at least 4 members (excludes halogenated alkanes) is 1. The van der Waals surface area contributed by atoms with E-state index in [1.54, 1.807) is 13.4 Å². The average molecular weight is 228 g/mol. The predicted molar refractivity (Wildman–Crippen MR) is 61.6 cm³/mol. The van der Waals surface area contributed by atoms with Crippen LogP contribution in [-0.4, -0.2) is 28.8 Å². The van der Waals surface area contributed by atoms with Crippen LogP contribution < -0.4 is 10.0 Å². The minimum atomic E-state index is -0.146. The third-order valence-corrected chi connectivity index (χ3v) is 2.70. The second-order valence-corrected chi connectivity index (χ2v) is 3.95. The minimum Gasteiger partial charge on any atom is -0.351 e. The molecule has 0 spiro atoms. The quantitative estimate of drug-likeness (QED) is 0.508. The molecule has 5 nitrogen and oxygen atoms in total. The zero-order chi connectivity index (χ0) is 10.9. The number of H-pyrrole nitrogens is 1. The molecule has 0 saturated carbocycles. The number of hydrogen-bond donors (Lipinski definition) is 3. The Morgan fingerprint density at radius 3 is 3.13 bits per heavy atom. The van der Waals surface area contributed by atoms with Crippen molar-refractivity contribution in [3.8, 4) is 0 Å². The lowest BCUT2D eigenvalue weighted by Gasteiger charge is -2.02. The van der Waals surface area contributed by atoms with E-state index in [1.807, 2.05) is 6.20 Å². The number of nitrogens with zero attached hydrogens (tertiary/aromatic N) is 1. The van der Waals surface area contributed by atoms with Gasteiger partial charge in [-0.3, -0.25) is 4.72 Å². The van der Waals surface area contributed by atoms with E-state index in [-0.39, 0.29) is 6.03 Å². The monoisotopic (exact) mass is 228 g/mol. The molecule has 0 aliphatic heterocycles. The van der Waals surface area contributed by atoms with Gasteiger partial charge in [0.25, 0.3) is 0 Å². The molecule has 1 rings (SSSR count). The molecule has 0 saturated heterocycles. The third kappa shape index (κ3) is 5.31. The summed E-state index contributed by atoms with van der Waals surface area (Å²) in [4.78, 5) is 17.8. The second-order valence-electron chi connectivity index (χ2n) is 3.05. The van der Waals surface area contributed by atoms with Crippen LogP contribution in [0.5, 0.6) is 0 Å². The summed E-state index contributed by atoms with van der Waals surface area (Å²) < 4.78 is 2.67. The molecular weight excluding hydrogens is 212 g/mol. The van der Waals surface area contributed by atoms with Gasteiger partial charge in [0, 0.05) is 19.0 Å². The van der Waals surface area contributed by atoms with Crippen LogP contribution in [0.15, 0.2) is 12.5 Å². The third-order valence-electron chi connectivity index (χ3n) is 1.88. The van der Waals surface area contributed by atoms with E-state index >= 15 is 0 Å². The average Bonchev–Trinajstić information content (AvgIpc) is 2.75. The van der Waals surface area contributed by atoms with Crippen LogP contribution in [0.4, 0.5) is 4.79 Å². The number of imidazole rings is 1. The van der Waals surface area contributed by atoms with E-state index in [1.165, 1.54) is 11.9 Å². The highest BCUT2D eigenvalue weighted by atomic mass is 32.2. The van der Waals surface area contributed by atoms with Crippen molar-refractivity contribution in [2.75, 3.05) is 12.8 Å². The first-order chi connectivity index (χ1) is 7.33. The van der Waals surface area contributed by atoms with Gasteiger partial charge in [0.15, 0.2) is 0 Å². The van der Waals surface area contributed by atoms with Gasteiger partial charge in [-0.05, 0) is 31.2 Å². The minimum absolute atomic E-state index is 0.146. The number of aryl methyl sites for hydroxylation is 1. The largest absolute Gasteiger partial charge is 0.351 e. The number of carbonyl (C=O) groups excluding carboxylic acids is 1. The summed E-state index contributed by atoms with van der Waals surface area (Å²) in [5.41, 5.74) is 1.10. The maximum Gasteiger partial charge on any atom is 0.324 e. The number of amides is 2. The summed E-state index contributed by atoms with van der Waals surface area (Å²) in [6.07, 6.45) is 6.76. The van der Waals surface area contributed by atoms with Crippen molar-refractivity contribution in [3.05, 3.63) is 18.2 Å². The molecule has 0 fully saturated rings. The highest BCUT2D eigenvalue weighted by molar-refractivity contribution is 7.97. The van der Waals surface area contributed by atoms with Gasteiger partial charge in [-0.15, -0.1) is 0 Å². The molecule has 2 amide bonds. The smallest absolute Gasteiger partial charge is 0.324 e. The number of aromatic amines is 1. The molecule has 1 aromatic heterocycles. The van der Waals surface area contributed by atoms with Crippen molar-refractivity contribution >= 4 is 18.0 Å². The molecule has 0 aliphatic rings. The Kier molecular flexibility index (Phi) is 5.69. The number of hydrogen-bond acceptors (Lipinski definition) is 3. The number of carbonyl (C=O) groups is 1. The Balaban J connectivity index is 1.91. The molecule has 1 heterocycles. The Morgan fingerprint density at radius 1 is 1.60 bits per heavy atom. The summed E-state index contributed by atoms with van der Waals surface area (Å²) >= 11 is 1.43. The lowest BCUT2D eigenvalue weighted by molar-refractivity contribution is 0.248. The number of aromatic nitrogens is 2. The van der Waals surface area contributed by atoms with Crippen molar-refractivity contribution in [1.82, 2.24) is 20.0 Å². The van der Waals surface area contributed by atoms with Gasteiger partial charge in [0.2, 0.25) is 0 Å². The first-order valence-electron chi connectivity index (χ1n) is 4.90. The van der Waals surface area contributed by atoms with Crippen LogP contribution in [0.25, 0.3) is 0 Å². The second kappa shape index (κ2) is 7.17. The normalized spacial score (nSPS) is 9.93. The van der Waals surface area contributed by atoms with Gasteiger partial charge in [-0.2, -0.15) is 0 Å². The summed E-state index contributed by atoms with van der Waals surface area (Å²) in [5, 5.41) is 2.49. The van der Waals surface area contributed by atoms with E-state index in [2.05, 4.69) is 20.0 Å². The van der Waals surface area contributed by atoms with Crippen molar-refractivity contribution in [1.29, 1.82) is 0 Å². The molecule has 0 aromatic carbocycles. The first kappa shape index (κ1) is 11.9. The molecule has 3 N–H and O–H groups in total. The first-order valence-corrected chi connectivity index (χ1v) is 5.88. The number of urea groups is 1. The zero-order valence-electron chi connectivity index (χ0n) is 8.75. The maximum absolute atomic E-state index is 10.8. The Bertz CT molecular complexity index is 276. The molecule has 15 heavy (non-hydrogen) atoms. The van der Waals surface area contributed by atoms with Crippen LogP contribution in [0.3, 0.4) is 0 Å². The molecule has 84 valence electrons. The van der Waals surface area contributed by atoms with Crippen LogP contribution in [0.2, 0.25) is 0 Å². The van der Waals surface area contributed by atoms with Gasteiger partial charge in [-0.25, -0.2) is 9.78 Å². The topological polar surface area (TPSA) is 69.8 Å². The molecule has 0 radical (unpaired) electrons. The summed E-state index contributed by atoms with van der Waals surface area (Å²) in [5.74, 6) is 0.928. The van der Waals surface area contributed by atoms with Crippen LogP contribution in [0, 0.1) is 0 Å². The zero-order valence-corrected chi connectivity index (χ0v) is 9.56. The van der Waals surface area contributed by atoms with Crippen LogP contribution in [0.1, 0.15) is 18.5 Å². The Hall–Kier alpha value is -1.17. The Morgan fingerprint density at radius 2 is 2.47 bits per heavy atom. The number of nitrogens with one attached hydrogen (secondary N) is 3. The molecule has 6 heteroatoms. The van der Waals surface area contributed by atoms with Crippen LogP contribution in [-0.2, 0) is 6.42 Å². The number of rotatable bonds is 6. The lowest BCUT2D eigenvalue weighted by Crippen LogP contribution is -2.27. The Labute approximate surface area is 93.6 Å². The van der Waals surface area contributed by atoms with Crippen molar-refractivity contribution in [2.24, 2.45) is 0 Å².